The predicted molar refractivity (Wildman–Crippen MR) is 89.5 cm³/mol. The van der Waals surface area contributed by atoms with Crippen molar-refractivity contribution >= 4 is 0 Å². The van der Waals surface area contributed by atoms with Gasteiger partial charge in [-0.3, -0.25) is 4.68 Å². The largest absolute Gasteiger partial charge is 0.493 e. The molecule has 23 heavy (non-hydrogen) atoms. The van der Waals surface area contributed by atoms with E-state index in [0.29, 0.717) is 12.6 Å². The first-order chi connectivity index (χ1) is 11.2. The molecule has 0 radical (unpaired) electrons. The Morgan fingerprint density at radius 2 is 2.17 bits per heavy atom. The van der Waals surface area contributed by atoms with Crippen molar-refractivity contribution in [2.24, 2.45) is 0 Å². The first kappa shape index (κ1) is 16.0. The Morgan fingerprint density at radius 3 is 3.00 bits per heavy atom. The van der Waals surface area contributed by atoms with Gasteiger partial charge in [0.1, 0.15) is 5.75 Å². The molecule has 124 valence electrons. The molecule has 1 aromatic heterocycles. The molecule has 2 aromatic rings. The Balaban J connectivity index is 1.76. The molecular weight excluding hydrogens is 290 g/mol. The van der Waals surface area contributed by atoms with Gasteiger partial charge in [-0.15, -0.1) is 0 Å². The molecule has 0 saturated heterocycles. The number of aliphatic hydroxyl groups excluding tert-OH is 1. The molecule has 5 heteroatoms. The third-order valence-corrected chi connectivity index (χ3v) is 4.56. The highest BCUT2D eigenvalue weighted by molar-refractivity contribution is 5.37. The number of aryl methyl sites for hydroxylation is 1. The van der Waals surface area contributed by atoms with Gasteiger partial charge in [0.25, 0.3) is 0 Å². The Morgan fingerprint density at radius 1 is 1.35 bits per heavy atom. The topological polar surface area (TPSA) is 59.3 Å². The number of fused-ring (bicyclic) bond motifs is 1. The molecule has 1 unspecified atom stereocenters. The van der Waals surface area contributed by atoms with Gasteiger partial charge in [-0.25, -0.2) is 0 Å². The molecule has 2 heterocycles. The van der Waals surface area contributed by atoms with E-state index in [-0.39, 0.29) is 6.61 Å². The number of nitrogens with zero attached hydrogens (tertiary/aromatic N) is 2. The summed E-state index contributed by atoms with van der Waals surface area (Å²) in [7, 11) is 0. The van der Waals surface area contributed by atoms with Crippen LogP contribution in [0, 0.1) is 13.8 Å². The summed E-state index contributed by atoms with van der Waals surface area (Å²) in [6.45, 7) is 6.32. The van der Waals surface area contributed by atoms with Crippen molar-refractivity contribution < 1.29 is 9.84 Å². The van der Waals surface area contributed by atoms with Crippen molar-refractivity contribution in [3.05, 3.63) is 46.8 Å². The number of aromatic nitrogens is 2. The van der Waals surface area contributed by atoms with Crippen LogP contribution in [0.2, 0.25) is 0 Å². The van der Waals surface area contributed by atoms with Gasteiger partial charge < -0.3 is 15.2 Å². The minimum atomic E-state index is 0.113. The fraction of sp³-hybridized carbons (Fsp3) is 0.500. The van der Waals surface area contributed by atoms with Crippen LogP contribution in [-0.4, -0.2) is 28.1 Å². The van der Waals surface area contributed by atoms with Crippen molar-refractivity contribution in [1.29, 1.82) is 0 Å². The average molecular weight is 315 g/mol. The number of nitrogens with one attached hydrogen (secondary N) is 1. The highest BCUT2D eigenvalue weighted by atomic mass is 16.5. The second-order valence-electron chi connectivity index (χ2n) is 6.06. The van der Waals surface area contributed by atoms with Gasteiger partial charge in [-0.1, -0.05) is 18.2 Å². The van der Waals surface area contributed by atoms with E-state index in [2.05, 4.69) is 29.5 Å². The van der Waals surface area contributed by atoms with Crippen molar-refractivity contribution in [1.82, 2.24) is 15.1 Å². The summed E-state index contributed by atoms with van der Waals surface area (Å²) in [5, 5.41) is 17.3. The summed E-state index contributed by atoms with van der Waals surface area (Å²) >= 11 is 0. The van der Waals surface area contributed by atoms with E-state index in [4.69, 9.17) is 9.84 Å². The lowest BCUT2D eigenvalue weighted by Gasteiger charge is -2.18. The summed E-state index contributed by atoms with van der Waals surface area (Å²) < 4.78 is 7.72. The molecule has 0 spiro atoms. The lowest BCUT2D eigenvalue weighted by molar-refractivity contribution is 0.267. The van der Waals surface area contributed by atoms with Crippen molar-refractivity contribution in [3.63, 3.8) is 0 Å². The minimum Gasteiger partial charge on any atom is -0.493 e. The number of ether oxygens (including phenoxy) is 1. The Hall–Kier alpha value is -1.85. The van der Waals surface area contributed by atoms with Gasteiger partial charge in [0, 0.05) is 29.4 Å². The van der Waals surface area contributed by atoms with E-state index in [1.807, 2.05) is 23.7 Å². The second-order valence-corrected chi connectivity index (χ2v) is 6.06. The lowest BCUT2D eigenvalue weighted by Crippen LogP contribution is -2.21. The van der Waals surface area contributed by atoms with Gasteiger partial charge in [0.2, 0.25) is 0 Å². The smallest absolute Gasteiger partial charge is 0.124 e. The summed E-state index contributed by atoms with van der Waals surface area (Å²) in [5.74, 6) is 0.993. The number of aliphatic hydroxyl groups is 1. The van der Waals surface area contributed by atoms with Gasteiger partial charge >= 0.3 is 0 Å². The molecule has 1 aliphatic rings. The molecule has 0 amide bonds. The molecule has 1 atom stereocenters. The number of para-hydroxylation sites is 1. The highest BCUT2D eigenvalue weighted by Crippen LogP contribution is 2.31. The normalized spacial score (nSPS) is 17.4. The van der Waals surface area contributed by atoms with Gasteiger partial charge in [0.15, 0.2) is 0 Å². The van der Waals surface area contributed by atoms with E-state index in [9.17, 15) is 0 Å². The molecule has 1 aliphatic heterocycles. The molecule has 0 saturated carbocycles. The summed E-state index contributed by atoms with van der Waals surface area (Å²) in [5.41, 5.74) is 4.62. The van der Waals surface area contributed by atoms with Gasteiger partial charge in [-0.2, -0.15) is 5.10 Å². The Bertz CT molecular complexity index is 666. The first-order valence-electron chi connectivity index (χ1n) is 8.29. The SMILES string of the molecule is Cc1nn(CCO)c(C)c1CNC1CCCOc2ccccc21. The third kappa shape index (κ3) is 3.41. The molecule has 3 rings (SSSR count). The van der Waals surface area contributed by atoms with E-state index in [0.717, 1.165) is 43.1 Å². The molecular formula is C18H25N3O2. The number of hydrogen-bond donors (Lipinski definition) is 2. The van der Waals surface area contributed by atoms with Gasteiger partial charge in [-0.05, 0) is 32.8 Å². The summed E-state index contributed by atoms with van der Waals surface area (Å²) in [4.78, 5) is 0. The maximum Gasteiger partial charge on any atom is 0.124 e. The highest BCUT2D eigenvalue weighted by Gasteiger charge is 2.20. The fourth-order valence-corrected chi connectivity index (χ4v) is 3.26. The van der Waals surface area contributed by atoms with Crippen LogP contribution in [-0.2, 0) is 13.1 Å². The van der Waals surface area contributed by atoms with E-state index in [1.165, 1.54) is 11.1 Å². The molecule has 2 N–H and O–H groups in total. The molecule has 5 nitrogen and oxygen atoms in total. The van der Waals surface area contributed by atoms with E-state index in [1.54, 1.807) is 0 Å². The van der Waals surface area contributed by atoms with Crippen LogP contribution in [0.4, 0.5) is 0 Å². The summed E-state index contributed by atoms with van der Waals surface area (Å²) in [6, 6.07) is 8.58. The average Bonchev–Trinajstić information content (AvgIpc) is 2.73. The third-order valence-electron chi connectivity index (χ3n) is 4.56. The van der Waals surface area contributed by atoms with E-state index >= 15 is 0 Å². The summed E-state index contributed by atoms with van der Waals surface area (Å²) in [6.07, 6.45) is 2.12. The van der Waals surface area contributed by atoms with Crippen molar-refractivity contribution in [2.75, 3.05) is 13.2 Å². The number of rotatable bonds is 5. The minimum absolute atomic E-state index is 0.113. The number of benzene rings is 1. The van der Waals surface area contributed by atoms with Crippen molar-refractivity contribution in [2.45, 2.75) is 45.8 Å². The van der Waals surface area contributed by atoms with Gasteiger partial charge in [0.05, 0.1) is 25.5 Å². The molecule has 0 fully saturated rings. The Kier molecular flexibility index (Phi) is 4.98. The van der Waals surface area contributed by atoms with Crippen LogP contribution < -0.4 is 10.1 Å². The second kappa shape index (κ2) is 7.15. The maximum atomic E-state index is 9.13. The molecule has 0 bridgehead atoms. The van der Waals surface area contributed by atoms with Crippen LogP contribution in [0.5, 0.6) is 5.75 Å². The van der Waals surface area contributed by atoms with Crippen molar-refractivity contribution in [3.8, 4) is 5.75 Å². The number of hydrogen-bond acceptors (Lipinski definition) is 4. The van der Waals surface area contributed by atoms with Crippen LogP contribution in [0.1, 0.15) is 41.4 Å². The van der Waals surface area contributed by atoms with Crippen LogP contribution in [0.15, 0.2) is 24.3 Å². The molecule has 1 aromatic carbocycles. The zero-order chi connectivity index (χ0) is 16.2. The fourth-order valence-electron chi connectivity index (χ4n) is 3.26. The van der Waals surface area contributed by atoms with Crippen LogP contribution >= 0.6 is 0 Å². The zero-order valence-electron chi connectivity index (χ0n) is 13.9. The predicted octanol–water partition coefficient (Wildman–Crippen LogP) is 2.50. The maximum absolute atomic E-state index is 9.13. The van der Waals surface area contributed by atoms with Crippen LogP contribution in [0.25, 0.3) is 0 Å². The monoisotopic (exact) mass is 315 g/mol. The van der Waals surface area contributed by atoms with Crippen LogP contribution in [0.3, 0.4) is 0 Å². The Labute approximate surface area is 137 Å². The molecule has 0 aliphatic carbocycles. The first-order valence-corrected chi connectivity index (χ1v) is 8.29. The standard InChI is InChI=1S/C18H25N3O2/c1-13-16(14(2)21(20-13)9-10-22)12-19-17-7-5-11-23-18-8-4-3-6-15(17)18/h3-4,6,8,17,19,22H,5,7,9-12H2,1-2H3. The quantitative estimate of drug-likeness (QED) is 0.890. The zero-order valence-corrected chi connectivity index (χ0v) is 13.9. The van der Waals surface area contributed by atoms with E-state index < -0.39 is 0 Å². The lowest BCUT2D eigenvalue weighted by atomic mass is 10.0.